The van der Waals surface area contributed by atoms with Crippen LogP contribution in [0.2, 0.25) is 0 Å². The van der Waals surface area contributed by atoms with Crippen LogP contribution in [0.15, 0.2) is 18.2 Å². The van der Waals surface area contributed by atoms with Crippen LogP contribution in [-0.4, -0.2) is 7.11 Å². The number of methoxy groups -OCH3 is 1. The molecule has 0 aromatic heterocycles. The van der Waals surface area contributed by atoms with Crippen molar-refractivity contribution >= 4 is 0 Å². The Morgan fingerprint density at radius 1 is 1.42 bits per heavy atom. The van der Waals surface area contributed by atoms with E-state index < -0.39 is 12.4 Å². The summed E-state index contributed by atoms with van der Waals surface area (Å²) in [7, 11) is 1.43. The maximum atomic E-state index is 12.6. The van der Waals surface area contributed by atoms with Crippen LogP contribution in [-0.2, 0) is 6.61 Å². The van der Waals surface area contributed by atoms with E-state index in [1.165, 1.54) is 25.3 Å². The number of hydrogen-bond acceptors (Lipinski definition) is 2. The summed E-state index contributed by atoms with van der Waals surface area (Å²) in [5.41, 5.74) is 0.404. The van der Waals surface area contributed by atoms with Gasteiger partial charge in [-0.3, -0.25) is 0 Å². The van der Waals surface area contributed by atoms with Crippen molar-refractivity contribution in [1.29, 1.82) is 0 Å². The molecule has 0 fully saturated rings. The fraction of sp³-hybridized carbons (Fsp3) is 0.250. The van der Waals surface area contributed by atoms with Gasteiger partial charge in [-0.05, 0) is 12.1 Å². The van der Waals surface area contributed by atoms with E-state index in [0.717, 1.165) is 0 Å². The molecule has 0 aliphatic heterocycles. The minimum Gasteiger partial charge on any atom is -0.851 e. The van der Waals surface area contributed by atoms with Gasteiger partial charge in [-0.1, -0.05) is 5.56 Å². The minimum absolute atomic E-state index is 0. The van der Waals surface area contributed by atoms with Gasteiger partial charge in [0, 0.05) is 6.07 Å². The Hall–Kier alpha value is 0.546. The van der Waals surface area contributed by atoms with Crippen molar-refractivity contribution in [3.05, 3.63) is 29.6 Å². The third kappa shape index (κ3) is 3.51. The average Bonchev–Trinajstić information content (AvgIpc) is 2.03. The number of halogens is 1. The van der Waals surface area contributed by atoms with Crippen LogP contribution >= 0.6 is 0 Å². The molecule has 0 atom stereocenters. The SMILES string of the molecule is COc1cc(F)cc(C[O-])c1.[K+]. The zero-order valence-corrected chi connectivity index (χ0v) is 10.3. The average molecular weight is 194 g/mol. The summed E-state index contributed by atoms with van der Waals surface area (Å²) in [6.07, 6.45) is 0. The largest absolute Gasteiger partial charge is 1.00 e. The smallest absolute Gasteiger partial charge is 0.851 e. The molecule has 1 aromatic carbocycles. The molecule has 0 saturated heterocycles. The summed E-state index contributed by atoms with van der Waals surface area (Å²) in [6.45, 7) is -0.423. The van der Waals surface area contributed by atoms with Crippen LogP contribution in [0.1, 0.15) is 5.56 Å². The Bertz CT molecular complexity index is 231. The molecule has 2 nitrogen and oxygen atoms in total. The van der Waals surface area contributed by atoms with Crippen molar-refractivity contribution in [3.63, 3.8) is 0 Å². The fourth-order valence-electron chi connectivity index (χ4n) is 0.822. The maximum absolute atomic E-state index is 12.6. The summed E-state index contributed by atoms with van der Waals surface area (Å²) in [5.74, 6) is -0.0500. The first-order valence-electron chi connectivity index (χ1n) is 3.18. The number of hydrogen-bond donors (Lipinski definition) is 0. The van der Waals surface area contributed by atoms with Crippen molar-refractivity contribution in [3.8, 4) is 5.75 Å². The molecule has 0 spiro atoms. The van der Waals surface area contributed by atoms with E-state index in [-0.39, 0.29) is 51.4 Å². The van der Waals surface area contributed by atoms with Gasteiger partial charge >= 0.3 is 51.4 Å². The number of benzene rings is 1. The molecule has 0 heterocycles. The van der Waals surface area contributed by atoms with Gasteiger partial charge in [-0.2, -0.15) is 0 Å². The first-order chi connectivity index (χ1) is 5.26. The van der Waals surface area contributed by atoms with Crippen molar-refractivity contribution in [2.24, 2.45) is 0 Å². The Morgan fingerprint density at radius 2 is 2.08 bits per heavy atom. The Balaban J connectivity index is 0.00000121. The number of ether oxygens (including phenoxy) is 1. The molecule has 4 heteroatoms. The molecule has 0 bridgehead atoms. The molecular formula is C8H8FKO2. The van der Waals surface area contributed by atoms with Gasteiger partial charge in [0.1, 0.15) is 11.6 Å². The molecule has 60 valence electrons. The molecule has 1 aromatic rings. The normalized spacial score (nSPS) is 8.92. The van der Waals surface area contributed by atoms with E-state index in [0.29, 0.717) is 11.3 Å². The summed E-state index contributed by atoms with van der Waals surface area (Å²) in [5, 5.41) is 10.3. The fourth-order valence-corrected chi connectivity index (χ4v) is 0.822. The summed E-state index contributed by atoms with van der Waals surface area (Å²) >= 11 is 0. The molecule has 0 unspecified atom stereocenters. The van der Waals surface area contributed by atoms with Gasteiger partial charge in [-0.25, -0.2) is 4.39 Å². The monoisotopic (exact) mass is 194 g/mol. The number of rotatable bonds is 2. The van der Waals surface area contributed by atoms with Crippen molar-refractivity contribution in [2.45, 2.75) is 6.61 Å². The molecule has 0 aliphatic rings. The van der Waals surface area contributed by atoms with E-state index in [9.17, 15) is 9.50 Å². The molecule has 0 amide bonds. The van der Waals surface area contributed by atoms with Gasteiger partial charge in [0.2, 0.25) is 0 Å². The van der Waals surface area contributed by atoms with Gasteiger partial charge in [0.05, 0.1) is 7.11 Å². The topological polar surface area (TPSA) is 32.3 Å². The Morgan fingerprint density at radius 3 is 2.58 bits per heavy atom. The first-order valence-corrected chi connectivity index (χ1v) is 3.18. The van der Waals surface area contributed by atoms with Gasteiger partial charge < -0.3 is 9.84 Å². The van der Waals surface area contributed by atoms with E-state index in [1.807, 2.05) is 0 Å². The maximum Gasteiger partial charge on any atom is 1.00 e. The van der Waals surface area contributed by atoms with Gasteiger partial charge in [0.25, 0.3) is 0 Å². The van der Waals surface area contributed by atoms with Crippen LogP contribution < -0.4 is 61.2 Å². The molecular weight excluding hydrogens is 186 g/mol. The quantitative estimate of drug-likeness (QED) is 0.496. The van der Waals surface area contributed by atoms with E-state index >= 15 is 0 Å². The van der Waals surface area contributed by atoms with E-state index in [4.69, 9.17) is 4.74 Å². The van der Waals surface area contributed by atoms with Crippen LogP contribution in [0.25, 0.3) is 0 Å². The van der Waals surface area contributed by atoms with E-state index in [1.54, 1.807) is 0 Å². The molecule has 0 radical (unpaired) electrons. The molecule has 12 heavy (non-hydrogen) atoms. The Labute approximate surface area is 113 Å². The molecule has 0 aliphatic carbocycles. The minimum atomic E-state index is -0.435. The second kappa shape index (κ2) is 6.07. The predicted octanol–water partition coefficient (Wildman–Crippen LogP) is -2.30. The standard InChI is InChI=1S/C8H8FO2.K/c1-11-8-3-6(5-10)2-7(9)4-8;/h2-4H,5H2,1H3;/q-1;+1. The van der Waals surface area contributed by atoms with Crippen LogP contribution in [0, 0.1) is 5.82 Å². The zero-order valence-electron chi connectivity index (χ0n) is 7.13. The van der Waals surface area contributed by atoms with Gasteiger partial charge in [0.15, 0.2) is 0 Å². The predicted molar refractivity (Wildman–Crippen MR) is 36.7 cm³/mol. The first kappa shape index (κ1) is 12.5. The summed E-state index contributed by atoms with van der Waals surface area (Å²) in [6, 6.07) is 3.96. The van der Waals surface area contributed by atoms with E-state index in [2.05, 4.69) is 0 Å². The second-order valence-corrected chi connectivity index (χ2v) is 2.14. The van der Waals surface area contributed by atoms with Crippen LogP contribution in [0.5, 0.6) is 5.75 Å². The molecule has 0 N–H and O–H groups in total. The zero-order chi connectivity index (χ0) is 8.27. The van der Waals surface area contributed by atoms with Gasteiger partial charge in [-0.15, -0.1) is 6.61 Å². The molecule has 0 saturated carbocycles. The third-order valence-electron chi connectivity index (χ3n) is 1.33. The molecule has 1 rings (SSSR count). The van der Waals surface area contributed by atoms with Crippen molar-refractivity contribution < 1.29 is 65.6 Å². The Kier molecular flexibility index (Phi) is 6.35. The second-order valence-electron chi connectivity index (χ2n) is 2.14. The third-order valence-corrected chi connectivity index (χ3v) is 1.33. The van der Waals surface area contributed by atoms with Crippen molar-refractivity contribution in [2.75, 3.05) is 7.11 Å². The summed E-state index contributed by atoms with van der Waals surface area (Å²) < 4.78 is 17.3. The van der Waals surface area contributed by atoms with Crippen LogP contribution in [0.4, 0.5) is 4.39 Å². The van der Waals surface area contributed by atoms with Crippen LogP contribution in [0.3, 0.4) is 0 Å². The van der Waals surface area contributed by atoms with Crippen molar-refractivity contribution in [1.82, 2.24) is 0 Å². The summed E-state index contributed by atoms with van der Waals surface area (Å²) in [4.78, 5) is 0.